The van der Waals surface area contributed by atoms with Crippen LogP contribution in [0.2, 0.25) is 0 Å². The van der Waals surface area contributed by atoms with Crippen LogP contribution in [-0.2, 0) is 10.0 Å². The molecule has 2 N–H and O–H groups in total. The van der Waals surface area contributed by atoms with E-state index >= 15 is 0 Å². The van der Waals surface area contributed by atoms with Gasteiger partial charge in [-0.25, -0.2) is 13.1 Å². The number of rotatable bonds is 7. The van der Waals surface area contributed by atoms with Crippen LogP contribution in [0.15, 0.2) is 47.4 Å². The minimum atomic E-state index is -3.81. The van der Waals surface area contributed by atoms with Gasteiger partial charge in [-0.1, -0.05) is 18.2 Å². The van der Waals surface area contributed by atoms with Gasteiger partial charge in [0.1, 0.15) is 16.4 Å². The first kappa shape index (κ1) is 18.3. The summed E-state index contributed by atoms with van der Waals surface area (Å²) in [4.78, 5) is 0.0443. The molecule has 2 aromatic carbocycles. The number of benzene rings is 2. The van der Waals surface area contributed by atoms with Crippen molar-refractivity contribution in [3.05, 3.63) is 53.6 Å². The van der Waals surface area contributed by atoms with E-state index in [1.54, 1.807) is 43.3 Å². The molecule has 0 saturated carbocycles. The van der Waals surface area contributed by atoms with Crippen molar-refractivity contribution in [3.63, 3.8) is 0 Å². The van der Waals surface area contributed by atoms with E-state index in [2.05, 4.69) is 4.72 Å². The minimum absolute atomic E-state index is 0.0443. The molecule has 130 valence electrons. The third-order valence-electron chi connectivity index (χ3n) is 3.55. The Bertz CT molecular complexity index is 804. The number of aryl methyl sites for hydroxylation is 1. The summed E-state index contributed by atoms with van der Waals surface area (Å²) in [6.45, 7) is 1.64. The number of hydrogen-bond donors (Lipinski definition) is 2. The number of aliphatic hydroxyl groups is 1. The molecular weight excluding hydrogens is 330 g/mol. The van der Waals surface area contributed by atoms with Gasteiger partial charge in [-0.2, -0.15) is 0 Å². The quantitative estimate of drug-likeness (QED) is 0.797. The van der Waals surface area contributed by atoms with Gasteiger partial charge >= 0.3 is 0 Å². The summed E-state index contributed by atoms with van der Waals surface area (Å²) in [5.41, 5.74) is 1.36. The number of aliphatic hydroxyl groups excluding tert-OH is 1. The minimum Gasteiger partial charge on any atom is -0.497 e. The molecule has 6 nitrogen and oxygen atoms in total. The number of ether oxygens (including phenoxy) is 2. The van der Waals surface area contributed by atoms with Crippen molar-refractivity contribution in [1.29, 1.82) is 0 Å². The molecule has 2 rings (SSSR count). The molecule has 0 aliphatic carbocycles. The van der Waals surface area contributed by atoms with Crippen LogP contribution in [-0.4, -0.2) is 34.3 Å². The zero-order chi connectivity index (χ0) is 17.7. The predicted octanol–water partition coefficient (Wildman–Crippen LogP) is 2.02. The van der Waals surface area contributed by atoms with Crippen molar-refractivity contribution in [2.75, 3.05) is 20.8 Å². The van der Waals surface area contributed by atoms with E-state index in [0.29, 0.717) is 11.3 Å². The van der Waals surface area contributed by atoms with Crippen molar-refractivity contribution in [2.24, 2.45) is 0 Å². The summed E-state index contributed by atoms with van der Waals surface area (Å²) < 4.78 is 37.6. The number of nitrogens with one attached hydrogen (secondary N) is 1. The lowest BCUT2D eigenvalue weighted by Crippen LogP contribution is -2.29. The highest BCUT2D eigenvalue weighted by atomic mass is 32.2. The molecule has 0 spiro atoms. The van der Waals surface area contributed by atoms with Crippen LogP contribution in [0.3, 0.4) is 0 Å². The van der Waals surface area contributed by atoms with Gasteiger partial charge in [0.15, 0.2) is 0 Å². The molecule has 0 aromatic heterocycles. The zero-order valence-electron chi connectivity index (χ0n) is 13.8. The van der Waals surface area contributed by atoms with E-state index in [-0.39, 0.29) is 17.2 Å². The van der Waals surface area contributed by atoms with Gasteiger partial charge in [0.25, 0.3) is 0 Å². The summed E-state index contributed by atoms with van der Waals surface area (Å²) >= 11 is 0. The molecule has 1 unspecified atom stereocenters. The number of methoxy groups -OCH3 is 2. The Morgan fingerprint density at radius 1 is 1.12 bits per heavy atom. The smallest absolute Gasteiger partial charge is 0.244 e. The summed E-state index contributed by atoms with van der Waals surface area (Å²) in [5, 5.41) is 10.2. The Balaban J connectivity index is 2.16. The van der Waals surface area contributed by atoms with Gasteiger partial charge in [-0.15, -0.1) is 0 Å². The van der Waals surface area contributed by atoms with E-state index in [1.807, 2.05) is 0 Å². The first-order chi connectivity index (χ1) is 11.4. The third kappa shape index (κ3) is 4.25. The highest BCUT2D eigenvalue weighted by Gasteiger charge is 2.21. The van der Waals surface area contributed by atoms with Crippen molar-refractivity contribution in [1.82, 2.24) is 4.72 Å². The summed E-state index contributed by atoms with van der Waals surface area (Å²) in [5.74, 6) is 0.846. The SMILES string of the molecule is COc1cccc(C(O)CNS(=O)(=O)c2cc(C)ccc2OC)c1. The molecule has 0 amide bonds. The lowest BCUT2D eigenvalue weighted by molar-refractivity contribution is 0.181. The molecule has 7 heteroatoms. The molecule has 0 saturated heterocycles. The number of sulfonamides is 1. The van der Waals surface area contributed by atoms with Gasteiger partial charge in [-0.3, -0.25) is 0 Å². The molecule has 1 atom stereocenters. The van der Waals surface area contributed by atoms with E-state index in [0.717, 1.165) is 5.56 Å². The molecule has 0 fully saturated rings. The van der Waals surface area contributed by atoms with Gasteiger partial charge in [0.2, 0.25) is 10.0 Å². The van der Waals surface area contributed by atoms with E-state index in [1.165, 1.54) is 20.3 Å². The number of hydrogen-bond acceptors (Lipinski definition) is 5. The second-order valence-electron chi connectivity index (χ2n) is 5.30. The van der Waals surface area contributed by atoms with Crippen LogP contribution in [0.1, 0.15) is 17.2 Å². The highest BCUT2D eigenvalue weighted by Crippen LogP contribution is 2.25. The monoisotopic (exact) mass is 351 g/mol. The first-order valence-electron chi connectivity index (χ1n) is 7.33. The first-order valence-corrected chi connectivity index (χ1v) is 8.82. The summed E-state index contributed by atoms with van der Waals surface area (Å²) in [6, 6.07) is 11.7. The van der Waals surface area contributed by atoms with Crippen LogP contribution in [0.25, 0.3) is 0 Å². The topological polar surface area (TPSA) is 84.9 Å². The third-order valence-corrected chi connectivity index (χ3v) is 5.00. The average Bonchev–Trinajstić information content (AvgIpc) is 2.59. The van der Waals surface area contributed by atoms with Gasteiger partial charge < -0.3 is 14.6 Å². The van der Waals surface area contributed by atoms with Gasteiger partial charge in [-0.05, 0) is 42.3 Å². The maximum absolute atomic E-state index is 12.5. The Kier molecular flexibility index (Phi) is 5.82. The largest absolute Gasteiger partial charge is 0.497 e. The Morgan fingerprint density at radius 3 is 2.54 bits per heavy atom. The van der Waals surface area contributed by atoms with E-state index in [4.69, 9.17) is 9.47 Å². The Hall–Kier alpha value is -2.09. The molecule has 0 heterocycles. The zero-order valence-corrected chi connectivity index (χ0v) is 14.6. The lowest BCUT2D eigenvalue weighted by Gasteiger charge is -2.15. The van der Waals surface area contributed by atoms with Crippen molar-refractivity contribution >= 4 is 10.0 Å². The normalized spacial score (nSPS) is 12.7. The standard InChI is InChI=1S/C17H21NO5S/c1-12-7-8-16(23-3)17(9-12)24(20,21)18-11-15(19)13-5-4-6-14(10-13)22-2/h4-10,15,18-19H,11H2,1-3H3. The highest BCUT2D eigenvalue weighted by molar-refractivity contribution is 7.89. The average molecular weight is 351 g/mol. The van der Waals surface area contributed by atoms with Crippen LogP contribution in [0.5, 0.6) is 11.5 Å². The second kappa shape index (κ2) is 7.65. The molecule has 2 aromatic rings. The van der Waals surface area contributed by atoms with Gasteiger partial charge in [0, 0.05) is 6.54 Å². The molecule has 0 bridgehead atoms. The van der Waals surface area contributed by atoms with Crippen molar-refractivity contribution in [2.45, 2.75) is 17.9 Å². The van der Waals surface area contributed by atoms with Crippen molar-refractivity contribution in [3.8, 4) is 11.5 Å². The van der Waals surface area contributed by atoms with Gasteiger partial charge in [0.05, 0.1) is 20.3 Å². The lowest BCUT2D eigenvalue weighted by atomic mass is 10.1. The van der Waals surface area contributed by atoms with Crippen LogP contribution in [0.4, 0.5) is 0 Å². The molecule has 0 aliphatic rings. The van der Waals surface area contributed by atoms with Crippen LogP contribution < -0.4 is 14.2 Å². The fourth-order valence-corrected chi connectivity index (χ4v) is 3.52. The van der Waals surface area contributed by atoms with Crippen LogP contribution in [0, 0.1) is 6.92 Å². The molecular formula is C17H21NO5S. The maximum Gasteiger partial charge on any atom is 0.244 e. The fraction of sp³-hybridized carbons (Fsp3) is 0.294. The van der Waals surface area contributed by atoms with E-state index in [9.17, 15) is 13.5 Å². The second-order valence-corrected chi connectivity index (χ2v) is 7.03. The Morgan fingerprint density at radius 2 is 1.88 bits per heavy atom. The predicted molar refractivity (Wildman–Crippen MR) is 90.9 cm³/mol. The van der Waals surface area contributed by atoms with E-state index < -0.39 is 16.1 Å². The molecule has 0 radical (unpaired) electrons. The maximum atomic E-state index is 12.5. The Labute approximate surface area is 142 Å². The van der Waals surface area contributed by atoms with Crippen molar-refractivity contribution < 1.29 is 23.0 Å². The summed E-state index contributed by atoms with van der Waals surface area (Å²) in [6.07, 6.45) is -0.995. The van der Waals surface area contributed by atoms with Crippen LogP contribution >= 0.6 is 0 Å². The molecule has 0 aliphatic heterocycles. The summed E-state index contributed by atoms with van der Waals surface area (Å²) in [7, 11) is -0.873. The fourth-order valence-electron chi connectivity index (χ4n) is 2.23. The molecule has 24 heavy (non-hydrogen) atoms.